The fraction of sp³-hybridized carbons (Fsp3) is 0.286. The van der Waals surface area contributed by atoms with Crippen LogP contribution >= 0.6 is 11.3 Å². The molecule has 0 aliphatic heterocycles. The highest BCUT2D eigenvalue weighted by molar-refractivity contribution is 7.20. The summed E-state index contributed by atoms with van der Waals surface area (Å²) in [7, 11) is 0. The van der Waals surface area contributed by atoms with Gasteiger partial charge in [0.25, 0.3) is 0 Å². The molecule has 5 heteroatoms. The number of aryl methyl sites for hydroxylation is 2. The number of nitrogens with zero attached hydrogens (tertiary/aromatic N) is 3. The van der Waals surface area contributed by atoms with Crippen molar-refractivity contribution in [3.63, 3.8) is 0 Å². The lowest BCUT2D eigenvalue weighted by Crippen LogP contribution is -2.06. The second kappa shape index (κ2) is 4.06. The normalized spacial score (nSPS) is 17.8. The lowest BCUT2D eigenvalue weighted by Gasteiger charge is -2.12. The molecular formula is C14H14N4S. The molecule has 0 saturated heterocycles. The first kappa shape index (κ1) is 11.0. The molecule has 2 heterocycles. The van der Waals surface area contributed by atoms with Crippen molar-refractivity contribution in [1.29, 1.82) is 0 Å². The van der Waals surface area contributed by atoms with Crippen molar-refractivity contribution < 1.29 is 0 Å². The van der Waals surface area contributed by atoms with Crippen LogP contribution < -0.4 is 5.32 Å². The number of hydrogen-bond acceptors (Lipinski definition) is 4. The van der Waals surface area contributed by atoms with Crippen molar-refractivity contribution >= 4 is 21.4 Å². The minimum Gasteiger partial charge on any atom is -0.353 e. The molecule has 1 N–H and O–H groups in total. The molecule has 1 aliphatic rings. The number of benzene rings is 1. The summed E-state index contributed by atoms with van der Waals surface area (Å²) in [6, 6.07) is 9.03. The number of rotatable bonds is 2. The topological polar surface area (TPSA) is 42.2 Å². The van der Waals surface area contributed by atoms with Crippen LogP contribution in [-0.2, 0) is 6.42 Å². The Morgan fingerprint density at radius 3 is 3.16 bits per heavy atom. The Hall–Kier alpha value is -1.88. The minimum absolute atomic E-state index is 0.383. The second-order valence-electron chi connectivity index (χ2n) is 4.95. The van der Waals surface area contributed by atoms with Crippen molar-refractivity contribution in [3.05, 3.63) is 47.3 Å². The zero-order valence-electron chi connectivity index (χ0n) is 10.6. The van der Waals surface area contributed by atoms with Crippen LogP contribution in [0.15, 0.2) is 30.5 Å². The molecule has 1 aliphatic carbocycles. The van der Waals surface area contributed by atoms with Crippen LogP contribution in [0.2, 0.25) is 0 Å². The molecule has 96 valence electrons. The summed E-state index contributed by atoms with van der Waals surface area (Å²) in [6.45, 7) is 1.99. The van der Waals surface area contributed by atoms with E-state index in [9.17, 15) is 0 Å². The third-order valence-electron chi connectivity index (χ3n) is 3.59. The third kappa shape index (κ3) is 1.81. The first-order valence-electron chi connectivity index (χ1n) is 6.47. The van der Waals surface area contributed by atoms with E-state index in [0.29, 0.717) is 6.04 Å². The molecule has 4 nitrogen and oxygen atoms in total. The van der Waals surface area contributed by atoms with Crippen molar-refractivity contribution in [2.75, 3.05) is 5.32 Å². The number of aromatic nitrogens is 3. The molecule has 19 heavy (non-hydrogen) atoms. The third-order valence-corrected chi connectivity index (χ3v) is 4.45. The summed E-state index contributed by atoms with van der Waals surface area (Å²) >= 11 is 1.61. The van der Waals surface area contributed by atoms with E-state index >= 15 is 0 Å². The highest BCUT2D eigenvalue weighted by Gasteiger charge is 2.22. The molecular weight excluding hydrogens is 256 g/mol. The summed E-state index contributed by atoms with van der Waals surface area (Å²) < 4.78 is 1.85. The van der Waals surface area contributed by atoms with Crippen molar-refractivity contribution in [2.45, 2.75) is 25.8 Å². The van der Waals surface area contributed by atoms with Gasteiger partial charge in [-0.3, -0.25) is 0 Å². The van der Waals surface area contributed by atoms with E-state index in [4.69, 9.17) is 0 Å². The van der Waals surface area contributed by atoms with Gasteiger partial charge in [0.1, 0.15) is 0 Å². The molecule has 0 bridgehead atoms. The molecule has 4 rings (SSSR count). The summed E-state index contributed by atoms with van der Waals surface area (Å²) in [5, 5.41) is 9.02. The van der Waals surface area contributed by atoms with Crippen LogP contribution in [0.1, 0.15) is 29.3 Å². The number of imidazole rings is 1. The SMILES string of the molecule is Cc1cn2nc(N[C@H]3CCc4ccccc43)sc2n1. The van der Waals surface area contributed by atoms with Gasteiger partial charge in [-0.25, -0.2) is 9.50 Å². The van der Waals surface area contributed by atoms with Gasteiger partial charge in [-0.2, -0.15) is 0 Å². The highest BCUT2D eigenvalue weighted by atomic mass is 32.1. The fourth-order valence-electron chi connectivity index (χ4n) is 2.72. The molecule has 0 radical (unpaired) electrons. The Balaban J connectivity index is 1.63. The quantitative estimate of drug-likeness (QED) is 0.777. The summed E-state index contributed by atoms with van der Waals surface area (Å²) in [5.41, 5.74) is 3.88. The predicted octanol–water partition coefficient (Wildman–Crippen LogP) is 3.20. The monoisotopic (exact) mass is 270 g/mol. The molecule has 0 unspecified atom stereocenters. The van der Waals surface area contributed by atoms with Gasteiger partial charge in [0.05, 0.1) is 17.9 Å². The molecule has 3 aromatic rings. The lowest BCUT2D eigenvalue weighted by molar-refractivity contribution is 0.756. The van der Waals surface area contributed by atoms with Gasteiger partial charge in [-0.15, -0.1) is 5.10 Å². The molecule has 0 amide bonds. The van der Waals surface area contributed by atoms with E-state index < -0.39 is 0 Å². The van der Waals surface area contributed by atoms with E-state index in [1.54, 1.807) is 11.3 Å². The largest absolute Gasteiger partial charge is 0.353 e. The van der Waals surface area contributed by atoms with E-state index in [1.165, 1.54) is 11.1 Å². The van der Waals surface area contributed by atoms with Crippen LogP contribution in [-0.4, -0.2) is 14.6 Å². The Morgan fingerprint density at radius 1 is 1.37 bits per heavy atom. The van der Waals surface area contributed by atoms with Crippen molar-refractivity contribution in [3.8, 4) is 0 Å². The maximum absolute atomic E-state index is 4.53. The molecule has 1 aromatic carbocycles. The van der Waals surface area contributed by atoms with Crippen molar-refractivity contribution in [2.24, 2.45) is 0 Å². The van der Waals surface area contributed by atoms with Crippen molar-refractivity contribution in [1.82, 2.24) is 14.6 Å². The van der Waals surface area contributed by atoms with Crippen LogP contribution in [0.3, 0.4) is 0 Å². The first-order valence-corrected chi connectivity index (χ1v) is 7.28. The van der Waals surface area contributed by atoms with E-state index in [0.717, 1.165) is 28.6 Å². The van der Waals surface area contributed by atoms with Gasteiger partial charge in [-0.1, -0.05) is 35.6 Å². The average Bonchev–Trinajstić information content (AvgIpc) is 3.03. The highest BCUT2D eigenvalue weighted by Crippen LogP contribution is 2.34. The summed E-state index contributed by atoms with van der Waals surface area (Å²) in [6.07, 6.45) is 4.25. The number of fused-ring (bicyclic) bond motifs is 2. The van der Waals surface area contributed by atoms with E-state index in [-0.39, 0.29) is 0 Å². The molecule has 2 aromatic heterocycles. The van der Waals surface area contributed by atoms with Crippen LogP contribution in [0.25, 0.3) is 4.96 Å². The number of nitrogens with one attached hydrogen (secondary N) is 1. The lowest BCUT2D eigenvalue weighted by atomic mass is 10.1. The smallest absolute Gasteiger partial charge is 0.214 e. The number of anilines is 1. The predicted molar refractivity (Wildman–Crippen MR) is 76.7 cm³/mol. The molecule has 0 fully saturated rings. The zero-order valence-corrected chi connectivity index (χ0v) is 11.4. The summed E-state index contributed by atoms with van der Waals surface area (Å²) in [5.74, 6) is 0. The van der Waals surface area contributed by atoms with Crippen LogP contribution in [0.4, 0.5) is 5.13 Å². The Labute approximate surface area is 115 Å². The van der Waals surface area contributed by atoms with Crippen LogP contribution in [0, 0.1) is 6.92 Å². The maximum Gasteiger partial charge on any atom is 0.214 e. The van der Waals surface area contributed by atoms with Crippen LogP contribution in [0.5, 0.6) is 0 Å². The second-order valence-corrected chi connectivity index (χ2v) is 5.91. The Kier molecular flexibility index (Phi) is 2.35. The van der Waals surface area contributed by atoms with Gasteiger partial charge in [0, 0.05) is 0 Å². The molecule has 1 atom stereocenters. The zero-order chi connectivity index (χ0) is 12.8. The van der Waals surface area contributed by atoms with E-state index in [2.05, 4.69) is 39.7 Å². The van der Waals surface area contributed by atoms with Gasteiger partial charge in [0.2, 0.25) is 10.1 Å². The molecule has 0 saturated carbocycles. The van der Waals surface area contributed by atoms with Gasteiger partial charge in [-0.05, 0) is 30.9 Å². The van der Waals surface area contributed by atoms with Gasteiger partial charge >= 0.3 is 0 Å². The standard InChI is InChI=1S/C14H14N4S/c1-9-8-18-14(15-9)19-13(17-18)16-12-7-6-10-4-2-3-5-11(10)12/h2-5,8,12H,6-7H2,1H3,(H,16,17)/t12-/m0/s1. The fourth-order valence-corrected chi connectivity index (χ4v) is 3.60. The molecule has 0 spiro atoms. The Morgan fingerprint density at radius 2 is 2.26 bits per heavy atom. The Bertz CT molecular complexity index is 711. The van der Waals surface area contributed by atoms with Gasteiger partial charge in [0.15, 0.2) is 0 Å². The maximum atomic E-state index is 4.53. The number of hydrogen-bond donors (Lipinski definition) is 1. The summed E-state index contributed by atoms with van der Waals surface area (Å²) in [4.78, 5) is 5.38. The minimum atomic E-state index is 0.383. The van der Waals surface area contributed by atoms with Gasteiger partial charge < -0.3 is 5.32 Å². The average molecular weight is 270 g/mol. The van der Waals surface area contributed by atoms with E-state index in [1.807, 2.05) is 17.6 Å². The first-order chi connectivity index (χ1) is 9.29.